The summed E-state index contributed by atoms with van der Waals surface area (Å²) in [6.07, 6.45) is 2.85. The largest absolute Gasteiger partial charge is 0.490 e. The third-order valence-electron chi connectivity index (χ3n) is 4.16. The van der Waals surface area contributed by atoms with Crippen molar-refractivity contribution in [2.75, 3.05) is 18.1 Å². The highest BCUT2D eigenvalue weighted by Gasteiger charge is 2.41. The van der Waals surface area contributed by atoms with Gasteiger partial charge >= 0.3 is 0 Å². The van der Waals surface area contributed by atoms with Gasteiger partial charge in [-0.15, -0.1) is 0 Å². The maximum atomic E-state index is 9.64. The van der Waals surface area contributed by atoms with Gasteiger partial charge in [0.05, 0.1) is 18.3 Å². The van der Waals surface area contributed by atoms with Crippen LogP contribution >= 0.6 is 11.8 Å². The van der Waals surface area contributed by atoms with E-state index in [-0.39, 0.29) is 11.7 Å². The van der Waals surface area contributed by atoms with Gasteiger partial charge in [-0.3, -0.25) is 0 Å². The summed E-state index contributed by atoms with van der Waals surface area (Å²) in [4.78, 5) is 0. The van der Waals surface area contributed by atoms with E-state index in [1.165, 1.54) is 5.75 Å². The van der Waals surface area contributed by atoms with Gasteiger partial charge in [0.15, 0.2) is 0 Å². The van der Waals surface area contributed by atoms with Crippen molar-refractivity contribution in [3.8, 4) is 5.75 Å². The highest BCUT2D eigenvalue weighted by molar-refractivity contribution is 7.99. The van der Waals surface area contributed by atoms with Crippen molar-refractivity contribution in [1.29, 1.82) is 0 Å². The van der Waals surface area contributed by atoms with Crippen LogP contribution in [0.25, 0.3) is 0 Å². The van der Waals surface area contributed by atoms with Gasteiger partial charge in [-0.05, 0) is 36.8 Å². The molecule has 110 valence electrons. The van der Waals surface area contributed by atoms with Crippen molar-refractivity contribution in [1.82, 2.24) is 0 Å². The van der Waals surface area contributed by atoms with Crippen LogP contribution in [0.15, 0.2) is 24.3 Å². The molecule has 0 radical (unpaired) electrons. The number of aliphatic hydroxyl groups is 1. The van der Waals surface area contributed by atoms with Crippen LogP contribution in [0, 0.1) is 0 Å². The van der Waals surface area contributed by atoms with E-state index in [0.717, 1.165) is 42.9 Å². The van der Waals surface area contributed by atoms with Gasteiger partial charge < -0.3 is 14.6 Å². The number of ether oxygens (including phenoxy) is 2. The molecule has 0 saturated carbocycles. The zero-order valence-corrected chi connectivity index (χ0v) is 12.7. The first-order valence-corrected chi connectivity index (χ1v) is 8.49. The van der Waals surface area contributed by atoms with Crippen molar-refractivity contribution in [3.63, 3.8) is 0 Å². The standard InChI is InChI=1S/C16H22O3S/c1-12(17)13-3-2-4-14(9-13)19-15-5-7-18-16(10-15)6-8-20-11-16/h2-4,9,12,15,17H,5-8,10-11H2,1H3/t12-,15?,16?/m0/s1. The lowest BCUT2D eigenvalue weighted by molar-refractivity contribution is -0.0959. The average Bonchev–Trinajstić information content (AvgIpc) is 2.87. The number of rotatable bonds is 3. The predicted octanol–water partition coefficient (Wildman–Crippen LogP) is 3.17. The van der Waals surface area contributed by atoms with Crippen LogP contribution in [-0.2, 0) is 4.74 Å². The Morgan fingerprint density at radius 2 is 2.40 bits per heavy atom. The molecule has 3 nitrogen and oxygen atoms in total. The van der Waals surface area contributed by atoms with Gasteiger partial charge in [0.2, 0.25) is 0 Å². The molecule has 1 aromatic rings. The van der Waals surface area contributed by atoms with E-state index in [4.69, 9.17) is 9.47 Å². The highest BCUT2D eigenvalue weighted by Crippen LogP contribution is 2.39. The Hall–Kier alpha value is -0.710. The van der Waals surface area contributed by atoms with Crippen molar-refractivity contribution in [2.45, 2.75) is 44.0 Å². The summed E-state index contributed by atoms with van der Waals surface area (Å²) in [5.74, 6) is 3.15. The van der Waals surface area contributed by atoms with Gasteiger partial charge in [-0.2, -0.15) is 11.8 Å². The van der Waals surface area contributed by atoms with E-state index in [1.54, 1.807) is 6.92 Å². The average molecular weight is 294 g/mol. The molecule has 1 aromatic carbocycles. The van der Waals surface area contributed by atoms with Crippen LogP contribution in [0.3, 0.4) is 0 Å². The quantitative estimate of drug-likeness (QED) is 0.929. The van der Waals surface area contributed by atoms with Crippen LogP contribution in [0.5, 0.6) is 5.75 Å². The maximum absolute atomic E-state index is 9.64. The van der Waals surface area contributed by atoms with Crippen molar-refractivity contribution in [2.24, 2.45) is 0 Å². The molecule has 0 bridgehead atoms. The third kappa shape index (κ3) is 3.13. The lowest BCUT2D eigenvalue weighted by Crippen LogP contribution is -2.43. The van der Waals surface area contributed by atoms with Crippen molar-refractivity contribution >= 4 is 11.8 Å². The van der Waals surface area contributed by atoms with E-state index in [1.807, 2.05) is 36.0 Å². The number of hydrogen-bond acceptors (Lipinski definition) is 4. The molecule has 0 aromatic heterocycles. The van der Waals surface area contributed by atoms with Crippen LogP contribution in [0.1, 0.15) is 37.9 Å². The Labute approximate surface area is 124 Å². The van der Waals surface area contributed by atoms with Gasteiger partial charge in [0, 0.05) is 18.6 Å². The minimum absolute atomic E-state index is 0.0511. The molecule has 2 aliphatic rings. The van der Waals surface area contributed by atoms with E-state index in [9.17, 15) is 5.11 Å². The lowest BCUT2D eigenvalue weighted by atomic mass is 9.91. The lowest BCUT2D eigenvalue weighted by Gasteiger charge is -2.37. The fraction of sp³-hybridized carbons (Fsp3) is 0.625. The second-order valence-electron chi connectivity index (χ2n) is 5.82. The number of hydrogen-bond donors (Lipinski definition) is 1. The summed E-state index contributed by atoms with van der Waals surface area (Å²) in [5.41, 5.74) is 0.954. The number of benzene rings is 1. The molecule has 2 fully saturated rings. The highest BCUT2D eigenvalue weighted by atomic mass is 32.2. The molecule has 0 amide bonds. The van der Waals surface area contributed by atoms with Gasteiger partial charge in [0.25, 0.3) is 0 Å². The predicted molar refractivity (Wildman–Crippen MR) is 81.4 cm³/mol. The summed E-state index contributed by atoms with van der Waals surface area (Å²) < 4.78 is 12.1. The molecule has 1 spiro atoms. The first kappa shape index (κ1) is 14.2. The topological polar surface area (TPSA) is 38.7 Å². The van der Waals surface area contributed by atoms with E-state index < -0.39 is 6.10 Å². The van der Waals surface area contributed by atoms with Gasteiger partial charge in [-0.1, -0.05) is 12.1 Å². The Morgan fingerprint density at radius 1 is 1.50 bits per heavy atom. The SMILES string of the molecule is C[C@H](O)c1cccc(OC2CCOC3(CCSC3)C2)c1. The first-order valence-electron chi connectivity index (χ1n) is 7.33. The monoisotopic (exact) mass is 294 g/mol. The fourth-order valence-corrected chi connectivity index (χ4v) is 4.37. The van der Waals surface area contributed by atoms with Crippen LogP contribution in [0.4, 0.5) is 0 Å². The summed E-state index contributed by atoms with van der Waals surface area (Å²) in [5, 5.41) is 9.64. The zero-order chi connectivity index (χ0) is 14.0. The molecule has 2 heterocycles. The molecule has 0 aliphatic carbocycles. The summed E-state index contributed by atoms with van der Waals surface area (Å²) in [7, 11) is 0. The van der Waals surface area contributed by atoms with E-state index in [0.29, 0.717) is 0 Å². The van der Waals surface area contributed by atoms with Crippen molar-refractivity contribution in [3.05, 3.63) is 29.8 Å². The number of thioether (sulfide) groups is 1. The van der Waals surface area contributed by atoms with Gasteiger partial charge in [0.1, 0.15) is 11.9 Å². The third-order valence-corrected chi connectivity index (χ3v) is 5.38. The second-order valence-corrected chi connectivity index (χ2v) is 6.92. The molecule has 2 unspecified atom stereocenters. The maximum Gasteiger partial charge on any atom is 0.120 e. The molecule has 2 saturated heterocycles. The first-order chi connectivity index (χ1) is 9.67. The molecule has 3 rings (SSSR count). The van der Waals surface area contributed by atoms with Gasteiger partial charge in [-0.25, -0.2) is 0 Å². The zero-order valence-electron chi connectivity index (χ0n) is 11.9. The Bertz CT molecular complexity index is 455. The van der Waals surface area contributed by atoms with E-state index in [2.05, 4.69) is 0 Å². The normalized spacial score (nSPS) is 31.4. The molecule has 3 atom stereocenters. The minimum atomic E-state index is -0.453. The smallest absolute Gasteiger partial charge is 0.120 e. The van der Waals surface area contributed by atoms with Crippen molar-refractivity contribution < 1.29 is 14.6 Å². The van der Waals surface area contributed by atoms with Crippen LogP contribution in [0.2, 0.25) is 0 Å². The van der Waals surface area contributed by atoms with Crippen LogP contribution in [-0.4, -0.2) is 34.9 Å². The molecule has 20 heavy (non-hydrogen) atoms. The fourth-order valence-electron chi connectivity index (χ4n) is 2.99. The molecule has 1 N–H and O–H groups in total. The summed E-state index contributed by atoms with van der Waals surface area (Å²) in [6.45, 7) is 2.57. The van der Waals surface area contributed by atoms with Crippen LogP contribution < -0.4 is 4.74 Å². The Morgan fingerprint density at radius 3 is 3.15 bits per heavy atom. The summed E-state index contributed by atoms with van der Waals surface area (Å²) in [6, 6.07) is 7.78. The second kappa shape index (κ2) is 5.96. The Balaban J connectivity index is 1.66. The summed E-state index contributed by atoms with van der Waals surface area (Å²) >= 11 is 1.98. The molecule has 4 heteroatoms. The number of aliphatic hydroxyl groups excluding tert-OH is 1. The Kier molecular flexibility index (Phi) is 4.24. The molecule has 2 aliphatic heterocycles. The molecular weight excluding hydrogens is 272 g/mol. The minimum Gasteiger partial charge on any atom is -0.490 e. The molecular formula is C16H22O3S. The van der Waals surface area contributed by atoms with E-state index >= 15 is 0 Å².